The van der Waals surface area contributed by atoms with E-state index in [0.29, 0.717) is 0 Å². The van der Waals surface area contributed by atoms with Gasteiger partial charge in [0.2, 0.25) is 11.8 Å². The number of furan rings is 1. The summed E-state index contributed by atoms with van der Waals surface area (Å²) in [6.07, 6.45) is 0.199. The van der Waals surface area contributed by atoms with Crippen LogP contribution in [0.15, 0.2) is 34.1 Å². The third-order valence-electron chi connectivity index (χ3n) is 3.22. The zero-order valence-corrected chi connectivity index (χ0v) is 13.7. The maximum absolute atomic E-state index is 12.2. The van der Waals surface area contributed by atoms with Gasteiger partial charge in [-0.3, -0.25) is 9.59 Å². The van der Waals surface area contributed by atoms with E-state index in [1.54, 1.807) is 0 Å². The highest BCUT2D eigenvalue weighted by Gasteiger charge is 2.20. The summed E-state index contributed by atoms with van der Waals surface area (Å²) in [6.45, 7) is 5.18. The summed E-state index contributed by atoms with van der Waals surface area (Å²) in [7, 11) is 0. The maximum atomic E-state index is 12.2. The first-order chi connectivity index (χ1) is 10.5. The molecule has 0 aliphatic heterocycles. The van der Waals surface area contributed by atoms with Crippen molar-refractivity contribution >= 4 is 23.2 Å². The average Bonchev–Trinajstić information content (AvgIpc) is 3.08. The zero-order valence-electron chi connectivity index (χ0n) is 12.9. The van der Waals surface area contributed by atoms with Crippen LogP contribution in [0, 0.1) is 6.92 Å². The molecule has 2 N–H and O–H groups in total. The fourth-order valence-corrected chi connectivity index (χ4v) is 2.98. The fourth-order valence-electron chi connectivity index (χ4n) is 2.20. The van der Waals surface area contributed by atoms with E-state index in [-0.39, 0.29) is 30.3 Å². The standard InChI is InChI=1S/C16H20N2O3S/c1-10-6-7-14(21-10)11(2)17-16(20)9-13(18-12(3)19)15-5-4-8-22-15/h4-8,11,13H,9H2,1-3H3,(H,17,20)(H,18,19). The number of carbonyl (C=O) groups is 2. The number of rotatable bonds is 6. The molecule has 5 nitrogen and oxygen atoms in total. The van der Waals surface area contributed by atoms with E-state index in [0.717, 1.165) is 16.4 Å². The van der Waals surface area contributed by atoms with Crippen molar-refractivity contribution in [3.05, 3.63) is 46.0 Å². The molecule has 0 bridgehead atoms. The lowest BCUT2D eigenvalue weighted by atomic mass is 10.1. The molecule has 2 heterocycles. The monoisotopic (exact) mass is 320 g/mol. The molecule has 0 saturated carbocycles. The zero-order chi connectivity index (χ0) is 16.1. The Balaban J connectivity index is 1.97. The van der Waals surface area contributed by atoms with Crippen LogP contribution in [0.3, 0.4) is 0 Å². The third kappa shape index (κ3) is 4.46. The molecule has 2 rings (SSSR count). The lowest BCUT2D eigenvalue weighted by Gasteiger charge is -2.18. The van der Waals surface area contributed by atoms with Gasteiger partial charge in [0.15, 0.2) is 0 Å². The Bertz CT molecular complexity index is 634. The quantitative estimate of drug-likeness (QED) is 0.859. The van der Waals surface area contributed by atoms with Crippen LogP contribution in [-0.2, 0) is 9.59 Å². The average molecular weight is 320 g/mol. The molecular formula is C16H20N2O3S. The Hall–Kier alpha value is -2.08. The highest BCUT2D eigenvalue weighted by Crippen LogP contribution is 2.23. The van der Waals surface area contributed by atoms with Crippen LogP contribution < -0.4 is 10.6 Å². The third-order valence-corrected chi connectivity index (χ3v) is 4.21. The van der Waals surface area contributed by atoms with Crippen LogP contribution >= 0.6 is 11.3 Å². The predicted octanol–water partition coefficient (Wildman–Crippen LogP) is 3.09. The maximum Gasteiger partial charge on any atom is 0.223 e. The van der Waals surface area contributed by atoms with E-state index in [1.165, 1.54) is 18.3 Å². The highest BCUT2D eigenvalue weighted by molar-refractivity contribution is 7.10. The SMILES string of the molecule is CC(=O)NC(CC(=O)NC(C)c1ccc(C)o1)c1cccs1. The Morgan fingerprint density at radius 2 is 2.05 bits per heavy atom. The summed E-state index contributed by atoms with van der Waals surface area (Å²) >= 11 is 1.52. The minimum absolute atomic E-state index is 0.131. The first-order valence-corrected chi connectivity index (χ1v) is 8.00. The number of aryl methyl sites for hydroxylation is 1. The molecule has 0 saturated heterocycles. The molecule has 2 amide bonds. The second-order valence-electron chi connectivity index (χ2n) is 5.21. The molecule has 2 atom stereocenters. The molecule has 0 fully saturated rings. The van der Waals surface area contributed by atoms with E-state index in [2.05, 4.69) is 10.6 Å². The van der Waals surface area contributed by atoms with E-state index in [1.807, 2.05) is 43.5 Å². The normalized spacial score (nSPS) is 13.4. The largest absolute Gasteiger partial charge is 0.464 e. The van der Waals surface area contributed by atoms with E-state index < -0.39 is 0 Å². The van der Waals surface area contributed by atoms with Crippen LogP contribution in [-0.4, -0.2) is 11.8 Å². The Morgan fingerprint density at radius 1 is 1.27 bits per heavy atom. The molecule has 2 unspecified atom stereocenters. The van der Waals surface area contributed by atoms with Crippen molar-refractivity contribution in [1.29, 1.82) is 0 Å². The van der Waals surface area contributed by atoms with Gasteiger partial charge in [-0.25, -0.2) is 0 Å². The Labute approximate surface area is 133 Å². The van der Waals surface area contributed by atoms with Crippen LogP contribution in [0.25, 0.3) is 0 Å². The first-order valence-electron chi connectivity index (χ1n) is 7.12. The van der Waals surface area contributed by atoms with Gasteiger partial charge in [-0.1, -0.05) is 6.07 Å². The molecule has 0 aliphatic rings. The van der Waals surface area contributed by atoms with Crippen molar-refractivity contribution in [3.8, 4) is 0 Å². The smallest absolute Gasteiger partial charge is 0.223 e. The van der Waals surface area contributed by atoms with Crippen LogP contribution in [0.2, 0.25) is 0 Å². The summed E-state index contributed by atoms with van der Waals surface area (Å²) in [5, 5.41) is 7.64. The summed E-state index contributed by atoms with van der Waals surface area (Å²) in [4.78, 5) is 24.5. The number of thiophene rings is 1. The minimum atomic E-state index is -0.303. The number of nitrogens with one attached hydrogen (secondary N) is 2. The van der Waals surface area contributed by atoms with Crippen LogP contribution in [0.5, 0.6) is 0 Å². The first kappa shape index (κ1) is 16.3. The van der Waals surface area contributed by atoms with Crippen molar-refractivity contribution in [2.24, 2.45) is 0 Å². The van der Waals surface area contributed by atoms with Gasteiger partial charge in [-0.2, -0.15) is 0 Å². The molecule has 0 spiro atoms. The molecule has 2 aromatic rings. The van der Waals surface area contributed by atoms with Gasteiger partial charge in [0.05, 0.1) is 18.5 Å². The van der Waals surface area contributed by atoms with Gasteiger partial charge in [0.25, 0.3) is 0 Å². The summed E-state index contributed by atoms with van der Waals surface area (Å²) in [5.74, 6) is 1.25. The highest BCUT2D eigenvalue weighted by atomic mass is 32.1. The number of hydrogen-bond donors (Lipinski definition) is 2. The lowest BCUT2D eigenvalue weighted by molar-refractivity contribution is -0.123. The number of carbonyl (C=O) groups excluding carboxylic acids is 2. The van der Waals surface area contributed by atoms with Gasteiger partial charge in [0.1, 0.15) is 11.5 Å². The molecule has 118 valence electrons. The van der Waals surface area contributed by atoms with Gasteiger partial charge in [-0.15, -0.1) is 11.3 Å². The molecule has 0 aliphatic carbocycles. The van der Waals surface area contributed by atoms with Crippen molar-refractivity contribution in [3.63, 3.8) is 0 Å². The summed E-state index contributed by atoms with van der Waals surface area (Å²) < 4.78 is 5.51. The second kappa shape index (κ2) is 7.26. The lowest BCUT2D eigenvalue weighted by Crippen LogP contribution is -2.33. The number of hydrogen-bond acceptors (Lipinski definition) is 4. The minimum Gasteiger partial charge on any atom is -0.464 e. The summed E-state index contributed by atoms with van der Waals surface area (Å²) in [6, 6.07) is 7.03. The molecular weight excluding hydrogens is 300 g/mol. The van der Waals surface area contributed by atoms with Crippen LogP contribution in [0.4, 0.5) is 0 Å². The van der Waals surface area contributed by atoms with Gasteiger partial charge in [0, 0.05) is 11.8 Å². The van der Waals surface area contributed by atoms with Gasteiger partial charge >= 0.3 is 0 Å². The predicted molar refractivity (Wildman–Crippen MR) is 85.5 cm³/mol. The Kier molecular flexibility index (Phi) is 5.38. The van der Waals surface area contributed by atoms with Crippen molar-refractivity contribution in [2.75, 3.05) is 0 Å². The second-order valence-corrected chi connectivity index (χ2v) is 6.19. The molecule has 0 aromatic carbocycles. The van der Waals surface area contributed by atoms with Gasteiger partial charge in [-0.05, 0) is 37.4 Å². The molecule has 6 heteroatoms. The topological polar surface area (TPSA) is 71.3 Å². The van der Waals surface area contributed by atoms with E-state index in [9.17, 15) is 9.59 Å². The molecule has 0 radical (unpaired) electrons. The van der Waals surface area contributed by atoms with Gasteiger partial charge < -0.3 is 15.1 Å². The molecule has 22 heavy (non-hydrogen) atoms. The van der Waals surface area contributed by atoms with E-state index >= 15 is 0 Å². The molecule has 2 aromatic heterocycles. The van der Waals surface area contributed by atoms with Crippen molar-refractivity contribution in [2.45, 2.75) is 39.3 Å². The van der Waals surface area contributed by atoms with Crippen molar-refractivity contribution in [1.82, 2.24) is 10.6 Å². The Morgan fingerprint density at radius 3 is 2.59 bits per heavy atom. The summed E-state index contributed by atoms with van der Waals surface area (Å²) in [5.41, 5.74) is 0. The fraction of sp³-hybridized carbons (Fsp3) is 0.375. The van der Waals surface area contributed by atoms with Crippen molar-refractivity contribution < 1.29 is 14.0 Å². The number of amides is 2. The van der Waals surface area contributed by atoms with E-state index in [4.69, 9.17) is 4.42 Å². The van der Waals surface area contributed by atoms with Crippen LogP contribution in [0.1, 0.15) is 48.7 Å².